The number of nitrogens with one attached hydrogen (secondary N) is 1. The molecule has 1 N–H and O–H groups in total. The summed E-state index contributed by atoms with van der Waals surface area (Å²) >= 11 is 0. The lowest BCUT2D eigenvalue weighted by molar-refractivity contribution is 0.161. The van der Waals surface area contributed by atoms with E-state index in [1.807, 2.05) is 0 Å². The molecule has 3 aliphatic rings. The second kappa shape index (κ2) is 16.9. The van der Waals surface area contributed by atoms with Gasteiger partial charge >= 0.3 is 0 Å². The van der Waals surface area contributed by atoms with Crippen molar-refractivity contribution in [3.05, 3.63) is 0 Å². The van der Waals surface area contributed by atoms with Crippen LogP contribution in [0, 0.1) is 35.0 Å². The van der Waals surface area contributed by atoms with Gasteiger partial charge in [0.05, 0.1) is 12.1 Å². The first-order valence-corrected chi connectivity index (χ1v) is 22.2. The summed E-state index contributed by atoms with van der Waals surface area (Å²) in [5, 5.41) is 4.23. The van der Waals surface area contributed by atoms with E-state index in [1.165, 1.54) is 88.5 Å². The maximum atomic E-state index is 6.35. The van der Waals surface area contributed by atoms with Gasteiger partial charge in [-0.25, -0.2) is 0 Å². The average molecular weight is 616 g/mol. The van der Waals surface area contributed by atoms with Gasteiger partial charge in [-0.15, -0.1) is 0 Å². The van der Waals surface area contributed by atoms with Crippen molar-refractivity contribution in [2.75, 3.05) is 6.61 Å². The van der Waals surface area contributed by atoms with Crippen LogP contribution in [0.4, 0.5) is 0 Å². The van der Waals surface area contributed by atoms with Gasteiger partial charge < -0.3 is 9.74 Å². The summed E-state index contributed by atoms with van der Waals surface area (Å²) in [6.07, 6.45) is 17.7. The molecule has 3 rings (SSSR count). The third-order valence-corrected chi connectivity index (χ3v) is 12.8. The molecule has 4 nitrogen and oxygen atoms in total. The molecule has 5 heteroatoms. The molecule has 7 unspecified atom stereocenters. The normalized spacial score (nSPS) is 35.3. The molecular weight excluding hydrogens is 543 g/mol. The van der Waals surface area contributed by atoms with Crippen molar-refractivity contribution in [2.24, 2.45) is 45.0 Å². The average Bonchev–Trinajstić information content (AvgIpc) is 2.97. The van der Waals surface area contributed by atoms with Gasteiger partial charge in [0.15, 0.2) is 8.32 Å². The minimum absolute atomic E-state index is 0.274. The highest BCUT2D eigenvalue weighted by atomic mass is 28.4. The molecule has 3 fully saturated rings. The Labute approximate surface area is 269 Å². The Morgan fingerprint density at radius 2 is 1.21 bits per heavy atom. The Kier molecular flexibility index (Phi) is 14.5. The Bertz CT molecular complexity index is 863. The van der Waals surface area contributed by atoms with E-state index >= 15 is 0 Å². The van der Waals surface area contributed by atoms with E-state index in [0.29, 0.717) is 30.1 Å². The number of rotatable bonds is 13. The molecule has 0 bridgehead atoms. The fourth-order valence-corrected chi connectivity index (χ4v) is 9.45. The van der Waals surface area contributed by atoms with E-state index in [2.05, 4.69) is 80.3 Å². The molecule has 0 amide bonds. The predicted octanol–water partition coefficient (Wildman–Crippen LogP) is 10.5. The third-order valence-electron chi connectivity index (χ3n) is 11.7. The molecule has 1 saturated heterocycles. The SMILES string of the molecule is CCC1CCCC(CC)C1N=C(C)C1CC(C(C)(C)C)CC(C(CCCO[Si](C)(C)C)=NC2C(CC)CCCC2CC)N1. The molecular formula is C38H73N3OSi. The van der Waals surface area contributed by atoms with Crippen molar-refractivity contribution >= 4 is 19.7 Å². The maximum absolute atomic E-state index is 6.35. The van der Waals surface area contributed by atoms with Crippen LogP contribution < -0.4 is 5.32 Å². The summed E-state index contributed by atoms with van der Waals surface area (Å²) in [5.74, 6) is 3.62. The van der Waals surface area contributed by atoms with Gasteiger partial charge in [0.1, 0.15) is 0 Å². The van der Waals surface area contributed by atoms with Crippen LogP contribution in [-0.2, 0) is 4.43 Å². The predicted molar refractivity (Wildman–Crippen MR) is 192 cm³/mol. The van der Waals surface area contributed by atoms with Crippen LogP contribution in [0.15, 0.2) is 9.98 Å². The van der Waals surface area contributed by atoms with Crippen molar-refractivity contribution < 1.29 is 4.43 Å². The van der Waals surface area contributed by atoms with Crippen molar-refractivity contribution in [3.8, 4) is 0 Å². The van der Waals surface area contributed by atoms with Gasteiger partial charge in [0.25, 0.3) is 0 Å². The van der Waals surface area contributed by atoms with Gasteiger partial charge in [-0.05, 0) is 113 Å². The van der Waals surface area contributed by atoms with E-state index in [-0.39, 0.29) is 5.41 Å². The lowest BCUT2D eigenvalue weighted by Crippen LogP contribution is -2.55. The fraction of sp³-hybridized carbons (Fsp3) is 0.947. The first kappa shape index (κ1) is 36.9. The van der Waals surface area contributed by atoms with Crippen LogP contribution in [0.2, 0.25) is 19.6 Å². The zero-order valence-corrected chi connectivity index (χ0v) is 31.6. The molecule has 250 valence electrons. The number of hydrogen-bond donors (Lipinski definition) is 1. The molecule has 0 aromatic rings. The molecule has 1 heterocycles. The highest BCUT2D eigenvalue weighted by Crippen LogP contribution is 2.40. The van der Waals surface area contributed by atoms with Crippen molar-refractivity contribution in [3.63, 3.8) is 0 Å². The lowest BCUT2D eigenvalue weighted by atomic mass is 9.70. The van der Waals surface area contributed by atoms with Gasteiger partial charge in [0, 0.05) is 30.1 Å². The minimum atomic E-state index is -1.52. The minimum Gasteiger partial charge on any atom is -0.418 e. The number of nitrogens with zero attached hydrogens (tertiary/aromatic N) is 2. The van der Waals surface area contributed by atoms with Gasteiger partial charge in [0.2, 0.25) is 0 Å². The van der Waals surface area contributed by atoms with Gasteiger partial charge in [-0.1, -0.05) is 87.0 Å². The molecule has 1 aliphatic heterocycles. The summed E-state index contributed by atoms with van der Waals surface area (Å²) in [4.78, 5) is 11.5. The summed E-state index contributed by atoms with van der Waals surface area (Å²) in [7, 11) is -1.52. The lowest BCUT2D eigenvalue weighted by Gasteiger charge is -2.44. The molecule has 43 heavy (non-hydrogen) atoms. The smallest absolute Gasteiger partial charge is 0.183 e. The van der Waals surface area contributed by atoms with Crippen LogP contribution in [0.25, 0.3) is 0 Å². The van der Waals surface area contributed by atoms with E-state index in [1.54, 1.807) is 0 Å². The van der Waals surface area contributed by atoms with Crippen LogP contribution in [0.3, 0.4) is 0 Å². The Morgan fingerprint density at radius 3 is 1.65 bits per heavy atom. The van der Waals surface area contributed by atoms with Crippen molar-refractivity contribution in [1.29, 1.82) is 0 Å². The molecule has 0 spiro atoms. The number of aliphatic imine (C=N–C) groups is 2. The number of piperidine rings is 1. The van der Waals surface area contributed by atoms with Crippen LogP contribution >= 0.6 is 0 Å². The van der Waals surface area contributed by atoms with E-state index in [9.17, 15) is 0 Å². The van der Waals surface area contributed by atoms with Crippen LogP contribution in [-0.4, -0.2) is 50.5 Å². The van der Waals surface area contributed by atoms with E-state index in [4.69, 9.17) is 14.4 Å². The topological polar surface area (TPSA) is 46.0 Å². The summed E-state index contributed by atoms with van der Waals surface area (Å²) in [6, 6.07) is 1.68. The zero-order valence-electron chi connectivity index (χ0n) is 30.6. The first-order valence-electron chi connectivity index (χ1n) is 18.8. The van der Waals surface area contributed by atoms with Gasteiger partial charge in [-0.2, -0.15) is 0 Å². The maximum Gasteiger partial charge on any atom is 0.183 e. The van der Waals surface area contributed by atoms with Crippen LogP contribution in [0.5, 0.6) is 0 Å². The third kappa shape index (κ3) is 10.8. The Balaban J connectivity index is 1.95. The van der Waals surface area contributed by atoms with E-state index in [0.717, 1.165) is 43.1 Å². The monoisotopic (exact) mass is 616 g/mol. The molecule has 2 aliphatic carbocycles. The molecule has 0 aromatic carbocycles. The zero-order chi connectivity index (χ0) is 31.8. The summed E-state index contributed by atoms with van der Waals surface area (Å²) in [6.45, 7) is 27.1. The summed E-state index contributed by atoms with van der Waals surface area (Å²) in [5.41, 5.74) is 3.08. The van der Waals surface area contributed by atoms with Gasteiger partial charge in [-0.3, -0.25) is 9.98 Å². The quantitative estimate of drug-likeness (QED) is 0.127. The van der Waals surface area contributed by atoms with Crippen molar-refractivity contribution in [1.82, 2.24) is 5.32 Å². The standard InChI is InChI=1S/C38H73N3OSi/c1-12-28-19-16-20-29(13-2)36(28)39-27(5)34-25-32(38(6,7)8)26-35(40-34)33(23-18-24-42-43(9,10)11)41-37-30(14-3)21-17-22-31(37)15-4/h28-32,34-37,40H,12-26H2,1-11H3. The molecule has 7 atom stereocenters. The summed E-state index contributed by atoms with van der Waals surface area (Å²) < 4.78 is 6.35. The second-order valence-electron chi connectivity index (χ2n) is 16.8. The second-order valence-corrected chi connectivity index (χ2v) is 21.3. The molecule has 0 radical (unpaired) electrons. The fourth-order valence-electron chi connectivity index (χ4n) is 8.69. The Hall–Kier alpha value is -0.523. The molecule has 2 saturated carbocycles. The highest BCUT2D eigenvalue weighted by Gasteiger charge is 2.40. The highest BCUT2D eigenvalue weighted by molar-refractivity contribution is 6.69. The van der Waals surface area contributed by atoms with Crippen molar-refractivity contribution in [2.45, 2.75) is 189 Å². The largest absolute Gasteiger partial charge is 0.418 e. The first-order chi connectivity index (χ1) is 20.3. The number of hydrogen-bond acceptors (Lipinski definition) is 4. The van der Waals surface area contributed by atoms with E-state index < -0.39 is 8.32 Å². The van der Waals surface area contributed by atoms with Crippen LogP contribution in [0.1, 0.15) is 145 Å². The molecule has 0 aromatic heterocycles. The Morgan fingerprint density at radius 1 is 0.744 bits per heavy atom.